The van der Waals surface area contributed by atoms with Gasteiger partial charge in [-0.1, -0.05) is 171 Å². The Morgan fingerprint density at radius 3 is 1.38 bits per heavy atom. The van der Waals surface area contributed by atoms with E-state index in [1.807, 2.05) is 0 Å². The highest BCUT2D eigenvalue weighted by molar-refractivity contribution is 5.70. The van der Waals surface area contributed by atoms with Gasteiger partial charge in [0.05, 0.1) is 6.61 Å². The quantitative estimate of drug-likeness (QED) is 0.0351. The number of allylic oxidation sites excluding steroid dienone is 12. The third kappa shape index (κ3) is 44.1. The highest BCUT2D eigenvalue weighted by atomic mass is 16.6. The Kier molecular flexibility index (Phi) is 44.5. The lowest BCUT2D eigenvalue weighted by molar-refractivity contribution is -0.163. The maximum absolute atomic E-state index is 12.7. The van der Waals surface area contributed by atoms with Crippen molar-refractivity contribution in [2.75, 3.05) is 19.8 Å². The largest absolute Gasteiger partial charge is 0.462 e. The second-order valence-electron chi connectivity index (χ2n) is 15.3. The van der Waals surface area contributed by atoms with Crippen molar-refractivity contribution >= 4 is 11.9 Å². The number of ether oxygens (including phenoxy) is 3. The summed E-state index contributed by atoms with van der Waals surface area (Å²) < 4.78 is 17.3. The molecule has 56 heavy (non-hydrogen) atoms. The molecule has 0 aromatic heterocycles. The molecule has 0 aliphatic carbocycles. The van der Waals surface area contributed by atoms with Crippen LogP contribution in [0.15, 0.2) is 72.9 Å². The second-order valence-corrected chi connectivity index (χ2v) is 15.3. The summed E-state index contributed by atoms with van der Waals surface area (Å²) in [6, 6.07) is 0. The van der Waals surface area contributed by atoms with Crippen molar-refractivity contribution in [2.45, 2.75) is 219 Å². The van der Waals surface area contributed by atoms with E-state index in [4.69, 9.17) is 14.2 Å². The molecule has 0 heterocycles. The zero-order chi connectivity index (χ0) is 40.7. The first-order valence-electron chi connectivity index (χ1n) is 23.5. The predicted octanol–water partition coefficient (Wildman–Crippen LogP) is 15.6. The minimum absolute atomic E-state index is 0.0614. The normalized spacial score (nSPS) is 12.8. The van der Waals surface area contributed by atoms with E-state index in [2.05, 4.69) is 93.7 Å². The number of hydrogen-bond acceptors (Lipinski definition) is 5. The van der Waals surface area contributed by atoms with E-state index in [1.54, 1.807) is 0 Å². The van der Waals surface area contributed by atoms with Crippen molar-refractivity contribution in [3.8, 4) is 0 Å². The molecule has 0 N–H and O–H groups in total. The van der Waals surface area contributed by atoms with E-state index < -0.39 is 6.10 Å². The van der Waals surface area contributed by atoms with Crippen LogP contribution in [0.3, 0.4) is 0 Å². The Morgan fingerprint density at radius 1 is 0.411 bits per heavy atom. The third-order valence-corrected chi connectivity index (χ3v) is 9.70. The standard InChI is InChI=1S/C51H88O5/c1-4-7-10-13-16-19-22-25-26-28-29-32-35-38-41-44-50(52)55-48-49(47-54-46-43-40-37-34-31-24-21-18-15-12-9-6-3)56-51(53)45-42-39-36-33-30-27-23-20-17-14-11-8-5-2/h8,11,15-20,25-27,30,49H,4-7,9-10,12-14,21-24,28-29,31-48H2,1-3H3/b11-8-,18-15-,19-16-,20-17-,26-25-,30-27-. The van der Waals surface area contributed by atoms with Gasteiger partial charge in [-0.15, -0.1) is 0 Å². The summed E-state index contributed by atoms with van der Waals surface area (Å²) in [6.07, 6.45) is 59.0. The molecule has 0 aliphatic heterocycles. The lowest BCUT2D eigenvalue weighted by Crippen LogP contribution is -2.30. The number of unbranched alkanes of at least 4 members (excludes halogenated alkanes) is 19. The van der Waals surface area contributed by atoms with Gasteiger partial charge in [-0.25, -0.2) is 0 Å². The average Bonchev–Trinajstić information content (AvgIpc) is 3.20. The van der Waals surface area contributed by atoms with Crippen LogP contribution in [0, 0.1) is 0 Å². The Morgan fingerprint density at radius 2 is 0.821 bits per heavy atom. The SMILES string of the molecule is CC/C=C\C/C=C\C/C=C\CCCCCC(=O)OC(COCCCCCCCC/C=C\CCCC)COC(=O)CCCCCCC/C=C\C/C=C\CCCCC. The molecule has 0 bridgehead atoms. The molecule has 5 heteroatoms. The molecular weight excluding hydrogens is 693 g/mol. The monoisotopic (exact) mass is 781 g/mol. The molecule has 0 saturated heterocycles. The van der Waals surface area contributed by atoms with Crippen LogP contribution in [-0.4, -0.2) is 37.9 Å². The van der Waals surface area contributed by atoms with Crippen molar-refractivity contribution in [1.29, 1.82) is 0 Å². The van der Waals surface area contributed by atoms with Gasteiger partial charge in [-0.2, -0.15) is 0 Å². The van der Waals surface area contributed by atoms with Crippen LogP contribution in [0.1, 0.15) is 213 Å². The number of carbonyl (C=O) groups is 2. The van der Waals surface area contributed by atoms with Gasteiger partial charge < -0.3 is 14.2 Å². The summed E-state index contributed by atoms with van der Waals surface area (Å²) in [4.78, 5) is 25.3. The van der Waals surface area contributed by atoms with Gasteiger partial charge in [0.2, 0.25) is 0 Å². The summed E-state index contributed by atoms with van der Waals surface area (Å²) in [7, 11) is 0. The maximum Gasteiger partial charge on any atom is 0.306 e. The number of rotatable bonds is 42. The summed E-state index contributed by atoms with van der Waals surface area (Å²) in [5.41, 5.74) is 0. The van der Waals surface area contributed by atoms with E-state index in [1.165, 1.54) is 89.9 Å². The minimum Gasteiger partial charge on any atom is -0.462 e. The number of carbonyl (C=O) groups excluding carboxylic acids is 2. The molecule has 0 radical (unpaired) electrons. The molecule has 5 nitrogen and oxygen atoms in total. The third-order valence-electron chi connectivity index (χ3n) is 9.70. The number of hydrogen-bond donors (Lipinski definition) is 0. The first-order chi connectivity index (χ1) is 27.6. The topological polar surface area (TPSA) is 61.8 Å². The van der Waals surface area contributed by atoms with Crippen molar-refractivity contribution in [3.63, 3.8) is 0 Å². The fourth-order valence-corrected chi connectivity index (χ4v) is 6.18. The average molecular weight is 781 g/mol. The molecule has 0 fully saturated rings. The molecule has 0 spiro atoms. The summed E-state index contributed by atoms with van der Waals surface area (Å²) >= 11 is 0. The number of esters is 2. The predicted molar refractivity (Wildman–Crippen MR) is 242 cm³/mol. The molecule has 1 atom stereocenters. The van der Waals surface area contributed by atoms with Gasteiger partial charge in [0, 0.05) is 19.4 Å². The second kappa shape index (κ2) is 46.7. The fourth-order valence-electron chi connectivity index (χ4n) is 6.18. The summed E-state index contributed by atoms with van der Waals surface area (Å²) in [6.45, 7) is 7.59. The highest BCUT2D eigenvalue weighted by Gasteiger charge is 2.17. The Bertz CT molecular complexity index is 1020. The van der Waals surface area contributed by atoms with E-state index in [0.717, 1.165) is 89.9 Å². The van der Waals surface area contributed by atoms with Crippen LogP contribution in [-0.2, 0) is 23.8 Å². The van der Waals surface area contributed by atoms with Gasteiger partial charge in [-0.3, -0.25) is 9.59 Å². The van der Waals surface area contributed by atoms with Crippen molar-refractivity contribution in [1.82, 2.24) is 0 Å². The van der Waals surface area contributed by atoms with E-state index in [-0.39, 0.29) is 25.2 Å². The zero-order valence-electron chi connectivity index (χ0n) is 36.9. The van der Waals surface area contributed by atoms with Gasteiger partial charge in [0.25, 0.3) is 0 Å². The first-order valence-corrected chi connectivity index (χ1v) is 23.5. The van der Waals surface area contributed by atoms with E-state index in [9.17, 15) is 9.59 Å². The smallest absolute Gasteiger partial charge is 0.306 e. The lowest BCUT2D eigenvalue weighted by Gasteiger charge is -2.18. The Balaban J connectivity index is 4.34. The van der Waals surface area contributed by atoms with Crippen molar-refractivity contribution < 1.29 is 23.8 Å². The van der Waals surface area contributed by atoms with Crippen LogP contribution in [0.5, 0.6) is 0 Å². The molecule has 0 rings (SSSR count). The molecule has 1 unspecified atom stereocenters. The van der Waals surface area contributed by atoms with Crippen LogP contribution in [0.2, 0.25) is 0 Å². The van der Waals surface area contributed by atoms with Crippen LogP contribution in [0.4, 0.5) is 0 Å². The van der Waals surface area contributed by atoms with E-state index in [0.29, 0.717) is 19.4 Å². The maximum atomic E-state index is 12.7. The summed E-state index contributed by atoms with van der Waals surface area (Å²) in [5, 5.41) is 0. The first kappa shape index (κ1) is 53.3. The van der Waals surface area contributed by atoms with Gasteiger partial charge in [0.1, 0.15) is 6.61 Å². The Labute approximate surface area is 347 Å². The van der Waals surface area contributed by atoms with Crippen LogP contribution < -0.4 is 0 Å². The zero-order valence-corrected chi connectivity index (χ0v) is 36.9. The van der Waals surface area contributed by atoms with Crippen molar-refractivity contribution in [3.05, 3.63) is 72.9 Å². The van der Waals surface area contributed by atoms with Crippen molar-refractivity contribution in [2.24, 2.45) is 0 Å². The Hall–Kier alpha value is -2.66. The molecule has 0 aromatic rings. The molecule has 0 aromatic carbocycles. The van der Waals surface area contributed by atoms with Gasteiger partial charge in [-0.05, 0) is 103 Å². The molecule has 0 saturated carbocycles. The molecule has 322 valence electrons. The lowest BCUT2D eigenvalue weighted by atomic mass is 10.1. The van der Waals surface area contributed by atoms with E-state index >= 15 is 0 Å². The highest BCUT2D eigenvalue weighted by Crippen LogP contribution is 2.12. The van der Waals surface area contributed by atoms with Gasteiger partial charge >= 0.3 is 11.9 Å². The molecule has 0 aliphatic rings. The molecule has 0 amide bonds. The molecular formula is C51H88O5. The fraction of sp³-hybridized carbons (Fsp3) is 0.725. The van der Waals surface area contributed by atoms with Crippen LogP contribution in [0.25, 0.3) is 0 Å². The minimum atomic E-state index is -0.560. The van der Waals surface area contributed by atoms with Crippen LogP contribution >= 0.6 is 0 Å². The summed E-state index contributed by atoms with van der Waals surface area (Å²) in [5.74, 6) is -0.452. The van der Waals surface area contributed by atoms with Gasteiger partial charge in [0.15, 0.2) is 6.10 Å².